The van der Waals surface area contributed by atoms with Gasteiger partial charge in [-0.1, -0.05) is 63.1 Å². The van der Waals surface area contributed by atoms with Gasteiger partial charge in [0.15, 0.2) is 0 Å². The predicted molar refractivity (Wildman–Crippen MR) is 88.6 cm³/mol. The summed E-state index contributed by atoms with van der Waals surface area (Å²) in [6.07, 6.45) is 6.38. The lowest BCUT2D eigenvalue weighted by Crippen LogP contribution is -2.53. The molecule has 0 saturated carbocycles. The molecule has 0 aliphatic carbocycles. The second-order valence-electron chi connectivity index (χ2n) is 5.02. The zero-order chi connectivity index (χ0) is 14.7. The molecule has 0 radical (unpaired) electrons. The first-order valence-corrected chi connectivity index (χ1v) is 9.75. The fourth-order valence-electron chi connectivity index (χ4n) is 2.09. The molecule has 0 amide bonds. The number of rotatable bonds is 11. The lowest BCUT2D eigenvalue weighted by Gasteiger charge is -2.30. The molecule has 112 valence electrons. The molecule has 0 aromatic heterocycles. The Morgan fingerprint density at radius 1 is 1.00 bits per heavy atom. The van der Waals surface area contributed by atoms with Crippen molar-refractivity contribution in [2.75, 3.05) is 13.2 Å². The van der Waals surface area contributed by atoms with Gasteiger partial charge in [0, 0.05) is 19.3 Å². The molecule has 2 nitrogen and oxygen atoms in total. The highest BCUT2D eigenvalue weighted by atomic mass is 28.4. The van der Waals surface area contributed by atoms with E-state index in [4.69, 9.17) is 8.85 Å². The Morgan fingerprint density at radius 3 is 2.00 bits per heavy atom. The van der Waals surface area contributed by atoms with Crippen LogP contribution in [0.4, 0.5) is 0 Å². The van der Waals surface area contributed by atoms with Crippen LogP contribution in [0.2, 0.25) is 6.04 Å². The lowest BCUT2D eigenvalue weighted by atomic mass is 10.4. The molecule has 0 bridgehead atoms. The smallest absolute Gasteiger partial charge is 0.376 e. The van der Waals surface area contributed by atoms with E-state index in [0.717, 1.165) is 44.9 Å². The van der Waals surface area contributed by atoms with Crippen LogP contribution in [0.1, 0.15) is 39.5 Å². The Hall–Kier alpha value is -0.903. The lowest BCUT2D eigenvalue weighted by molar-refractivity contribution is 0.177. The summed E-state index contributed by atoms with van der Waals surface area (Å²) in [5.41, 5.74) is 0. The predicted octanol–water partition coefficient (Wildman–Crippen LogP) is 4.16. The average molecular weight is 292 g/mol. The summed E-state index contributed by atoms with van der Waals surface area (Å²) in [4.78, 5) is 0. The fourth-order valence-corrected chi connectivity index (χ4v) is 5.01. The quantitative estimate of drug-likeness (QED) is 0.346. The second kappa shape index (κ2) is 9.92. The average Bonchev–Trinajstić information content (AvgIpc) is 2.48. The normalized spacial score (nSPS) is 11.5. The van der Waals surface area contributed by atoms with E-state index in [-0.39, 0.29) is 0 Å². The summed E-state index contributed by atoms with van der Waals surface area (Å²) in [5, 5.41) is 1.21. The minimum absolute atomic E-state index is 0.775. The first-order valence-electron chi connectivity index (χ1n) is 7.73. The first kappa shape index (κ1) is 17.1. The van der Waals surface area contributed by atoms with Gasteiger partial charge in [-0.2, -0.15) is 0 Å². The molecule has 1 aromatic rings. The number of unbranched alkanes of at least 4 members (excludes halogenated alkanes) is 2. The van der Waals surface area contributed by atoms with Crippen molar-refractivity contribution in [1.82, 2.24) is 0 Å². The van der Waals surface area contributed by atoms with Crippen molar-refractivity contribution < 1.29 is 8.85 Å². The van der Waals surface area contributed by atoms with Gasteiger partial charge in [0.05, 0.1) is 0 Å². The van der Waals surface area contributed by atoms with Crippen LogP contribution in [-0.2, 0) is 8.85 Å². The molecule has 0 spiro atoms. The van der Waals surface area contributed by atoms with Gasteiger partial charge in [0.25, 0.3) is 0 Å². The Labute approximate surface area is 125 Å². The van der Waals surface area contributed by atoms with Crippen molar-refractivity contribution in [3.63, 3.8) is 0 Å². The molecule has 0 aliphatic heterocycles. The Kier molecular flexibility index (Phi) is 8.50. The summed E-state index contributed by atoms with van der Waals surface area (Å²) >= 11 is 0. The molecule has 1 rings (SSSR count). The molecular weight excluding hydrogens is 264 g/mol. The minimum Gasteiger partial charge on any atom is -0.391 e. The Morgan fingerprint density at radius 2 is 1.55 bits per heavy atom. The van der Waals surface area contributed by atoms with Gasteiger partial charge in [-0.05, 0) is 18.0 Å². The van der Waals surface area contributed by atoms with E-state index in [2.05, 4.69) is 44.7 Å². The van der Waals surface area contributed by atoms with Crippen LogP contribution < -0.4 is 5.19 Å². The Balaban J connectivity index is 2.89. The highest BCUT2D eigenvalue weighted by Crippen LogP contribution is 2.16. The number of benzene rings is 1. The minimum atomic E-state index is -2.36. The fraction of sp³-hybridized carbons (Fsp3) is 0.529. The van der Waals surface area contributed by atoms with Crippen LogP contribution in [0, 0.1) is 0 Å². The number of hydrogen-bond donors (Lipinski definition) is 0. The van der Waals surface area contributed by atoms with Crippen LogP contribution in [0.25, 0.3) is 0 Å². The molecule has 0 N–H and O–H groups in total. The molecular formula is C17H28O2Si. The van der Waals surface area contributed by atoms with Crippen LogP contribution in [0.3, 0.4) is 0 Å². The molecule has 0 unspecified atom stereocenters. The zero-order valence-electron chi connectivity index (χ0n) is 12.9. The van der Waals surface area contributed by atoms with Gasteiger partial charge in [-0.15, -0.1) is 6.58 Å². The summed E-state index contributed by atoms with van der Waals surface area (Å²) in [6.45, 7) is 9.82. The monoisotopic (exact) mass is 292 g/mol. The molecule has 0 fully saturated rings. The third-order valence-electron chi connectivity index (χ3n) is 3.29. The molecule has 0 saturated heterocycles. The Bertz CT molecular complexity index is 355. The third kappa shape index (κ3) is 5.23. The maximum absolute atomic E-state index is 6.29. The van der Waals surface area contributed by atoms with Crippen molar-refractivity contribution in [2.45, 2.75) is 45.6 Å². The van der Waals surface area contributed by atoms with Crippen molar-refractivity contribution in [1.29, 1.82) is 0 Å². The van der Waals surface area contributed by atoms with Crippen LogP contribution in [0.5, 0.6) is 0 Å². The molecule has 0 atom stereocenters. The van der Waals surface area contributed by atoms with Gasteiger partial charge >= 0.3 is 8.56 Å². The molecule has 1 aromatic carbocycles. The first-order chi connectivity index (χ1) is 9.79. The van der Waals surface area contributed by atoms with Crippen molar-refractivity contribution >= 4 is 13.7 Å². The largest absolute Gasteiger partial charge is 0.391 e. The van der Waals surface area contributed by atoms with Crippen molar-refractivity contribution in [3.8, 4) is 0 Å². The van der Waals surface area contributed by atoms with Gasteiger partial charge < -0.3 is 8.85 Å². The van der Waals surface area contributed by atoms with Gasteiger partial charge in [0.1, 0.15) is 0 Å². The SMILES string of the molecule is C=CC[Si](OCCCC)(OCCCC)c1ccccc1. The standard InChI is InChI=1S/C17H28O2Si/c1-4-7-14-18-20(16-6-3,19-15-8-5-2)17-12-10-9-11-13-17/h6,9-13H,3-5,7-8,14-16H2,1-2H3. The summed E-state index contributed by atoms with van der Waals surface area (Å²) < 4.78 is 12.6. The van der Waals surface area contributed by atoms with E-state index in [1.807, 2.05) is 12.1 Å². The van der Waals surface area contributed by atoms with E-state index in [9.17, 15) is 0 Å². The molecule has 20 heavy (non-hydrogen) atoms. The maximum Gasteiger partial charge on any atom is 0.376 e. The summed E-state index contributed by atoms with van der Waals surface area (Å²) in [6, 6.07) is 11.2. The molecule has 0 aliphatic rings. The molecule has 3 heteroatoms. The summed E-state index contributed by atoms with van der Waals surface area (Å²) in [7, 11) is -2.36. The van der Waals surface area contributed by atoms with E-state index in [1.54, 1.807) is 0 Å². The van der Waals surface area contributed by atoms with Crippen LogP contribution in [-0.4, -0.2) is 21.8 Å². The van der Waals surface area contributed by atoms with Crippen LogP contribution in [0.15, 0.2) is 43.0 Å². The number of hydrogen-bond acceptors (Lipinski definition) is 2. The van der Waals surface area contributed by atoms with E-state index in [0.29, 0.717) is 0 Å². The van der Waals surface area contributed by atoms with Gasteiger partial charge in [0.2, 0.25) is 0 Å². The number of allylic oxidation sites excluding steroid dienone is 1. The van der Waals surface area contributed by atoms with Crippen molar-refractivity contribution in [2.24, 2.45) is 0 Å². The third-order valence-corrected chi connectivity index (χ3v) is 6.67. The van der Waals surface area contributed by atoms with E-state index in [1.165, 1.54) is 5.19 Å². The van der Waals surface area contributed by atoms with E-state index >= 15 is 0 Å². The second-order valence-corrected chi connectivity index (χ2v) is 8.08. The highest BCUT2D eigenvalue weighted by molar-refractivity contribution is 6.81. The van der Waals surface area contributed by atoms with Crippen LogP contribution >= 0.6 is 0 Å². The molecule has 0 heterocycles. The van der Waals surface area contributed by atoms with E-state index < -0.39 is 8.56 Å². The van der Waals surface area contributed by atoms with Gasteiger partial charge in [-0.3, -0.25) is 0 Å². The highest BCUT2D eigenvalue weighted by Gasteiger charge is 2.38. The maximum atomic E-state index is 6.29. The topological polar surface area (TPSA) is 18.5 Å². The van der Waals surface area contributed by atoms with Gasteiger partial charge in [-0.25, -0.2) is 0 Å². The summed E-state index contributed by atoms with van der Waals surface area (Å²) in [5.74, 6) is 0. The zero-order valence-corrected chi connectivity index (χ0v) is 13.9. The van der Waals surface area contributed by atoms with Crippen molar-refractivity contribution in [3.05, 3.63) is 43.0 Å².